The van der Waals surface area contributed by atoms with Crippen LogP contribution >= 0.6 is 15.9 Å². The van der Waals surface area contributed by atoms with E-state index in [2.05, 4.69) is 15.9 Å². The smallest absolute Gasteiger partial charge is 0.225 e. The molecule has 0 fully saturated rings. The largest absolute Gasteiger partial charge is 0.416 e. The van der Waals surface area contributed by atoms with Crippen molar-refractivity contribution in [1.82, 2.24) is 4.72 Å². The van der Waals surface area contributed by atoms with E-state index in [1.54, 1.807) is 18.2 Å². The summed E-state index contributed by atoms with van der Waals surface area (Å²) in [5.41, 5.74) is -1.02. The Labute approximate surface area is 157 Å². The molecule has 0 aliphatic heterocycles. The highest BCUT2D eigenvalue weighted by atomic mass is 79.9. The molecule has 0 unspecified atom stereocenters. The van der Waals surface area contributed by atoms with Gasteiger partial charge in [0.15, 0.2) is 0 Å². The van der Waals surface area contributed by atoms with Gasteiger partial charge in [0, 0.05) is 4.47 Å². The van der Waals surface area contributed by atoms with Crippen molar-refractivity contribution in [3.05, 3.63) is 58.6 Å². The van der Waals surface area contributed by atoms with Gasteiger partial charge in [0.25, 0.3) is 0 Å². The van der Waals surface area contributed by atoms with Crippen LogP contribution in [0.25, 0.3) is 0 Å². The highest BCUT2D eigenvalue weighted by Gasteiger charge is 2.32. The Kier molecular flexibility index (Phi) is 7.36. The van der Waals surface area contributed by atoms with E-state index < -0.39 is 36.7 Å². The number of hydrogen-bond acceptors (Lipinski definition) is 4. The third-order valence-corrected chi connectivity index (χ3v) is 5.63. The Morgan fingerprint density at radius 1 is 0.962 bits per heavy atom. The van der Waals surface area contributed by atoms with E-state index in [9.17, 15) is 30.0 Å². The van der Waals surface area contributed by atoms with E-state index >= 15 is 0 Å². The SMILES string of the molecule is CNS(=O)(=O)c1cc(Br)cc(C(F)(F)F)c1.NS(=O)(=O)c1ccccc1. The van der Waals surface area contributed by atoms with Gasteiger partial charge in [-0.3, -0.25) is 0 Å². The first-order chi connectivity index (χ1) is 11.8. The van der Waals surface area contributed by atoms with Gasteiger partial charge in [0.2, 0.25) is 20.0 Å². The molecule has 0 saturated carbocycles. The summed E-state index contributed by atoms with van der Waals surface area (Å²) in [5.74, 6) is 0. The summed E-state index contributed by atoms with van der Waals surface area (Å²) in [4.78, 5) is -0.285. The highest BCUT2D eigenvalue weighted by Crippen LogP contribution is 2.32. The summed E-state index contributed by atoms with van der Waals surface area (Å²) in [7, 11) is -6.26. The Morgan fingerprint density at radius 2 is 1.50 bits per heavy atom. The normalized spacial score (nSPS) is 12.2. The van der Waals surface area contributed by atoms with E-state index in [1.165, 1.54) is 12.1 Å². The lowest BCUT2D eigenvalue weighted by Gasteiger charge is -2.09. The third kappa shape index (κ3) is 6.68. The molecule has 2 aromatic rings. The van der Waals surface area contributed by atoms with Crippen molar-refractivity contribution in [2.24, 2.45) is 5.14 Å². The monoisotopic (exact) mass is 474 g/mol. The minimum atomic E-state index is -4.58. The molecular weight excluding hydrogens is 461 g/mol. The average Bonchev–Trinajstić information content (AvgIpc) is 2.54. The summed E-state index contributed by atoms with van der Waals surface area (Å²) in [6.07, 6.45) is -4.58. The van der Waals surface area contributed by atoms with Crippen molar-refractivity contribution in [3.8, 4) is 0 Å². The zero-order chi connectivity index (χ0) is 20.2. The molecule has 0 radical (unpaired) electrons. The molecule has 2 rings (SSSR count). The van der Waals surface area contributed by atoms with Crippen molar-refractivity contribution in [1.29, 1.82) is 0 Å². The first-order valence-electron chi connectivity index (χ1n) is 6.66. The molecule has 0 saturated heterocycles. The van der Waals surface area contributed by atoms with Crippen LogP contribution in [0.3, 0.4) is 0 Å². The number of primary sulfonamides is 1. The van der Waals surface area contributed by atoms with Gasteiger partial charge in [-0.05, 0) is 37.4 Å². The number of alkyl halides is 3. The molecule has 0 aromatic heterocycles. The number of hydrogen-bond donors (Lipinski definition) is 2. The molecular formula is C14H14BrF3N2O4S2. The Bertz CT molecular complexity index is 963. The van der Waals surface area contributed by atoms with Crippen molar-refractivity contribution >= 4 is 36.0 Å². The van der Waals surface area contributed by atoms with Crippen LogP contribution in [0.15, 0.2) is 62.8 Å². The molecule has 0 atom stereocenters. The molecule has 26 heavy (non-hydrogen) atoms. The molecule has 0 aliphatic carbocycles. The first-order valence-corrected chi connectivity index (χ1v) is 10.5. The van der Waals surface area contributed by atoms with Gasteiger partial charge in [-0.15, -0.1) is 0 Å². The van der Waals surface area contributed by atoms with Crippen LogP contribution in [0.2, 0.25) is 0 Å². The van der Waals surface area contributed by atoms with Gasteiger partial charge in [0.05, 0.1) is 15.4 Å². The summed E-state index contributed by atoms with van der Waals surface area (Å²) in [5, 5.41) is 4.83. The Balaban J connectivity index is 0.000000289. The minimum Gasteiger partial charge on any atom is -0.225 e. The Hall–Kier alpha value is -1.47. The quantitative estimate of drug-likeness (QED) is 0.712. The minimum absolute atomic E-state index is 0.0520. The Morgan fingerprint density at radius 3 is 1.88 bits per heavy atom. The second-order valence-electron chi connectivity index (χ2n) is 4.74. The molecule has 3 N–H and O–H groups in total. The van der Waals surface area contributed by atoms with Crippen molar-refractivity contribution in [2.75, 3.05) is 7.05 Å². The topological polar surface area (TPSA) is 106 Å². The number of rotatable bonds is 3. The van der Waals surface area contributed by atoms with E-state index in [0.29, 0.717) is 6.07 Å². The first kappa shape index (κ1) is 22.6. The highest BCUT2D eigenvalue weighted by molar-refractivity contribution is 9.10. The summed E-state index contributed by atoms with van der Waals surface area (Å²) >= 11 is 2.83. The van der Waals surface area contributed by atoms with Crippen molar-refractivity contribution in [2.45, 2.75) is 16.0 Å². The van der Waals surface area contributed by atoms with Crippen LogP contribution in [0.1, 0.15) is 5.56 Å². The zero-order valence-corrected chi connectivity index (χ0v) is 16.4. The number of nitrogens with one attached hydrogen (secondary N) is 1. The van der Waals surface area contributed by atoms with E-state index in [1.807, 2.05) is 4.72 Å². The van der Waals surface area contributed by atoms with Crippen LogP contribution in [0.4, 0.5) is 13.2 Å². The van der Waals surface area contributed by atoms with Crippen LogP contribution < -0.4 is 9.86 Å². The maximum absolute atomic E-state index is 12.4. The lowest BCUT2D eigenvalue weighted by atomic mass is 10.2. The van der Waals surface area contributed by atoms with E-state index in [0.717, 1.165) is 19.2 Å². The molecule has 144 valence electrons. The molecule has 0 amide bonds. The average molecular weight is 475 g/mol. The fraction of sp³-hybridized carbons (Fsp3) is 0.143. The predicted octanol–water partition coefficient (Wildman–Crippen LogP) is 2.71. The van der Waals surface area contributed by atoms with Gasteiger partial charge >= 0.3 is 6.18 Å². The van der Waals surface area contributed by atoms with Gasteiger partial charge in [-0.1, -0.05) is 34.1 Å². The maximum Gasteiger partial charge on any atom is 0.416 e. The van der Waals surface area contributed by atoms with E-state index in [-0.39, 0.29) is 9.37 Å². The van der Waals surface area contributed by atoms with Crippen LogP contribution in [0.5, 0.6) is 0 Å². The number of sulfonamides is 2. The molecule has 0 spiro atoms. The van der Waals surface area contributed by atoms with Gasteiger partial charge < -0.3 is 0 Å². The maximum atomic E-state index is 12.4. The summed E-state index contributed by atoms with van der Waals surface area (Å²) in [6.45, 7) is 0. The lowest BCUT2D eigenvalue weighted by molar-refractivity contribution is -0.137. The second-order valence-corrected chi connectivity index (χ2v) is 9.10. The fourth-order valence-corrected chi connectivity index (χ4v) is 3.59. The molecule has 0 aliphatic rings. The zero-order valence-electron chi connectivity index (χ0n) is 13.2. The molecule has 2 aromatic carbocycles. The predicted molar refractivity (Wildman–Crippen MR) is 93.2 cm³/mol. The lowest BCUT2D eigenvalue weighted by Crippen LogP contribution is -2.19. The fourth-order valence-electron chi connectivity index (χ4n) is 1.61. The van der Waals surface area contributed by atoms with Crippen molar-refractivity contribution < 1.29 is 30.0 Å². The van der Waals surface area contributed by atoms with Gasteiger partial charge in [-0.25, -0.2) is 26.7 Å². The third-order valence-electron chi connectivity index (χ3n) is 2.85. The van der Waals surface area contributed by atoms with Gasteiger partial charge in [-0.2, -0.15) is 13.2 Å². The number of benzene rings is 2. The number of nitrogens with two attached hydrogens (primary N) is 1. The van der Waals surface area contributed by atoms with Crippen LogP contribution in [-0.4, -0.2) is 23.9 Å². The van der Waals surface area contributed by atoms with Crippen molar-refractivity contribution in [3.63, 3.8) is 0 Å². The molecule has 0 heterocycles. The van der Waals surface area contributed by atoms with Crippen LogP contribution in [-0.2, 0) is 26.2 Å². The summed E-state index contributed by atoms with van der Waals surface area (Å²) in [6, 6.07) is 10.4. The number of halogens is 4. The standard InChI is InChI=1S/C8H7BrF3NO2S.C6H7NO2S/c1-13-16(14,15)7-3-5(8(10,11)12)2-6(9)4-7;7-10(8,9)6-4-2-1-3-5-6/h2-4,13H,1H3;1-5H,(H2,7,8,9). The molecule has 6 nitrogen and oxygen atoms in total. The van der Waals surface area contributed by atoms with Crippen LogP contribution in [0, 0.1) is 0 Å². The van der Waals surface area contributed by atoms with Gasteiger partial charge in [0.1, 0.15) is 0 Å². The molecule has 12 heteroatoms. The summed E-state index contributed by atoms with van der Waals surface area (Å²) < 4.78 is 83.1. The molecule has 0 bridgehead atoms. The second kappa shape index (κ2) is 8.48. The van der Waals surface area contributed by atoms with E-state index in [4.69, 9.17) is 5.14 Å².